The van der Waals surface area contributed by atoms with Gasteiger partial charge in [-0.25, -0.2) is 0 Å². The average molecular weight is 256 g/mol. The highest BCUT2D eigenvalue weighted by atomic mass is 16.4. The number of hydrogen-bond acceptors (Lipinski definition) is 4. The van der Waals surface area contributed by atoms with E-state index >= 15 is 0 Å². The zero-order valence-corrected chi connectivity index (χ0v) is 11.7. The van der Waals surface area contributed by atoms with Crippen LogP contribution in [0.5, 0.6) is 0 Å². The molecular weight excluding hydrogens is 232 g/mol. The average Bonchev–Trinajstić information content (AvgIpc) is 2.24. The fourth-order valence-electron chi connectivity index (χ4n) is 1.85. The molecule has 0 unspecified atom stereocenters. The predicted octanol–water partition coefficient (Wildman–Crippen LogP) is 0.360. The van der Waals surface area contributed by atoms with Gasteiger partial charge >= 0.3 is 0 Å². The van der Waals surface area contributed by atoms with Crippen LogP contribution in [0.1, 0.15) is 33.1 Å². The first-order chi connectivity index (χ1) is 8.26. The quantitative estimate of drug-likeness (QED) is 0.287. The Balaban J connectivity index is 2.66. The minimum atomic E-state index is -0.795. The van der Waals surface area contributed by atoms with Crippen LogP contribution in [0.4, 0.5) is 0 Å². The maximum Gasteiger partial charge on any atom is 0.234 e. The summed E-state index contributed by atoms with van der Waals surface area (Å²) in [5.41, 5.74) is 4.71. The molecule has 4 N–H and O–H groups in total. The van der Waals surface area contributed by atoms with Crippen LogP contribution in [-0.2, 0) is 4.79 Å². The van der Waals surface area contributed by atoms with E-state index in [9.17, 15) is 4.79 Å². The highest BCUT2D eigenvalue weighted by Gasteiger charge is 2.48. The lowest BCUT2D eigenvalue weighted by Crippen LogP contribution is -2.57. The van der Waals surface area contributed by atoms with Gasteiger partial charge < -0.3 is 21.2 Å². The molecule has 0 aromatic carbocycles. The predicted molar refractivity (Wildman–Crippen MR) is 70.5 cm³/mol. The second kappa shape index (κ2) is 5.14. The molecule has 1 rings (SSSR count). The SMILES string of the molecule is CN(C)C(C)(C)CNC(=O)C1(C(N)=NO)CCC1. The molecule has 6 heteroatoms. The van der Waals surface area contributed by atoms with Gasteiger partial charge in [-0.15, -0.1) is 0 Å². The van der Waals surface area contributed by atoms with E-state index in [2.05, 4.69) is 10.5 Å². The lowest BCUT2D eigenvalue weighted by atomic mass is 9.67. The lowest BCUT2D eigenvalue weighted by Gasteiger charge is -2.40. The van der Waals surface area contributed by atoms with Crippen LogP contribution in [-0.4, -0.2) is 48.0 Å². The molecule has 1 aliphatic carbocycles. The molecule has 1 aliphatic rings. The largest absolute Gasteiger partial charge is 0.409 e. The summed E-state index contributed by atoms with van der Waals surface area (Å²) < 4.78 is 0. The normalized spacial score (nSPS) is 19.5. The van der Waals surface area contributed by atoms with Crippen molar-refractivity contribution in [3.05, 3.63) is 0 Å². The summed E-state index contributed by atoms with van der Waals surface area (Å²) >= 11 is 0. The Bertz CT molecular complexity index is 346. The first-order valence-corrected chi connectivity index (χ1v) is 6.20. The molecule has 1 saturated carbocycles. The summed E-state index contributed by atoms with van der Waals surface area (Å²) in [5.74, 6) is -0.118. The first kappa shape index (κ1) is 14.8. The van der Waals surface area contributed by atoms with E-state index in [4.69, 9.17) is 10.9 Å². The van der Waals surface area contributed by atoms with Gasteiger partial charge in [0.1, 0.15) is 5.41 Å². The van der Waals surface area contributed by atoms with Crippen LogP contribution in [0.25, 0.3) is 0 Å². The Morgan fingerprint density at radius 2 is 2.06 bits per heavy atom. The minimum Gasteiger partial charge on any atom is -0.409 e. The van der Waals surface area contributed by atoms with Gasteiger partial charge in [-0.1, -0.05) is 11.6 Å². The molecule has 0 saturated heterocycles. The molecule has 0 bridgehead atoms. The Kier molecular flexibility index (Phi) is 4.21. The molecule has 0 radical (unpaired) electrons. The van der Waals surface area contributed by atoms with E-state index in [1.807, 2.05) is 32.8 Å². The fraction of sp³-hybridized carbons (Fsp3) is 0.833. The third kappa shape index (κ3) is 2.58. The molecule has 1 fully saturated rings. The Hall–Kier alpha value is -1.30. The number of carbonyl (C=O) groups excluding carboxylic acids is 1. The van der Waals surface area contributed by atoms with Crippen molar-refractivity contribution < 1.29 is 10.0 Å². The molecule has 0 aliphatic heterocycles. The number of oxime groups is 1. The summed E-state index contributed by atoms with van der Waals surface area (Å²) in [6.07, 6.45) is 2.23. The number of hydrogen-bond donors (Lipinski definition) is 3. The number of rotatable bonds is 5. The van der Waals surface area contributed by atoms with Gasteiger partial charge in [-0.2, -0.15) is 0 Å². The van der Waals surface area contributed by atoms with Gasteiger partial charge in [0.15, 0.2) is 5.84 Å². The van der Waals surface area contributed by atoms with E-state index in [1.54, 1.807) is 0 Å². The molecule has 1 amide bonds. The van der Waals surface area contributed by atoms with Crippen molar-refractivity contribution in [3.63, 3.8) is 0 Å². The summed E-state index contributed by atoms with van der Waals surface area (Å²) in [5, 5.41) is 14.7. The number of amides is 1. The number of likely N-dealkylation sites (N-methyl/N-ethyl adjacent to an activating group) is 1. The van der Waals surface area contributed by atoms with Gasteiger partial charge in [0.2, 0.25) is 5.91 Å². The summed E-state index contributed by atoms with van der Waals surface area (Å²) in [7, 11) is 3.93. The van der Waals surface area contributed by atoms with Crippen molar-refractivity contribution in [1.29, 1.82) is 0 Å². The van der Waals surface area contributed by atoms with Crippen LogP contribution in [0.15, 0.2) is 5.16 Å². The maximum absolute atomic E-state index is 12.2. The minimum absolute atomic E-state index is 0.0221. The number of nitrogens with one attached hydrogen (secondary N) is 1. The molecule has 0 aromatic heterocycles. The third-order valence-corrected chi connectivity index (χ3v) is 4.13. The highest BCUT2D eigenvalue weighted by Crippen LogP contribution is 2.41. The van der Waals surface area contributed by atoms with Crippen LogP contribution < -0.4 is 11.1 Å². The Labute approximate surface area is 108 Å². The second-order valence-electron chi connectivity index (χ2n) is 5.81. The van der Waals surface area contributed by atoms with E-state index in [0.29, 0.717) is 19.4 Å². The van der Waals surface area contributed by atoms with Crippen molar-refractivity contribution in [3.8, 4) is 0 Å². The standard InChI is InChI=1S/C12H24N4O2/c1-11(2,16(3)4)8-14-10(17)12(6-5-7-12)9(13)15-18/h18H,5-8H2,1-4H3,(H2,13,15)(H,14,17). The van der Waals surface area contributed by atoms with E-state index in [0.717, 1.165) is 6.42 Å². The van der Waals surface area contributed by atoms with E-state index in [-0.39, 0.29) is 17.3 Å². The fourth-order valence-corrected chi connectivity index (χ4v) is 1.85. The monoisotopic (exact) mass is 256 g/mol. The van der Waals surface area contributed by atoms with Crippen molar-refractivity contribution in [2.45, 2.75) is 38.6 Å². The smallest absolute Gasteiger partial charge is 0.234 e. The number of nitrogens with two attached hydrogens (primary N) is 1. The Morgan fingerprint density at radius 3 is 2.39 bits per heavy atom. The van der Waals surface area contributed by atoms with Crippen molar-refractivity contribution in [2.75, 3.05) is 20.6 Å². The molecule has 0 atom stereocenters. The van der Waals surface area contributed by atoms with Gasteiger partial charge in [0, 0.05) is 12.1 Å². The van der Waals surface area contributed by atoms with Crippen molar-refractivity contribution in [2.24, 2.45) is 16.3 Å². The summed E-state index contributed by atoms with van der Waals surface area (Å²) in [4.78, 5) is 14.3. The van der Waals surface area contributed by atoms with Gasteiger partial charge in [0.25, 0.3) is 0 Å². The van der Waals surface area contributed by atoms with Gasteiger partial charge in [0.05, 0.1) is 0 Å². The second-order valence-corrected chi connectivity index (χ2v) is 5.81. The molecule has 6 nitrogen and oxygen atoms in total. The van der Waals surface area contributed by atoms with Crippen LogP contribution >= 0.6 is 0 Å². The first-order valence-electron chi connectivity index (χ1n) is 6.20. The summed E-state index contributed by atoms with van der Waals surface area (Å²) in [6.45, 7) is 4.62. The van der Waals surface area contributed by atoms with Crippen molar-refractivity contribution in [1.82, 2.24) is 10.2 Å². The maximum atomic E-state index is 12.2. The molecule has 0 heterocycles. The van der Waals surface area contributed by atoms with Crippen LogP contribution in [0, 0.1) is 5.41 Å². The topological polar surface area (TPSA) is 91.0 Å². The van der Waals surface area contributed by atoms with Crippen LogP contribution in [0.3, 0.4) is 0 Å². The summed E-state index contributed by atoms with van der Waals surface area (Å²) in [6, 6.07) is 0. The lowest BCUT2D eigenvalue weighted by molar-refractivity contribution is -0.131. The molecular formula is C12H24N4O2. The van der Waals surface area contributed by atoms with E-state index < -0.39 is 5.41 Å². The third-order valence-electron chi connectivity index (χ3n) is 4.13. The zero-order chi connectivity index (χ0) is 14.0. The zero-order valence-electron chi connectivity index (χ0n) is 11.7. The number of nitrogens with zero attached hydrogens (tertiary/aromatic N) is 2. The Morgan fingerprint density at radius 1 is 1.50 bits per heavy atom. The highest BCUT2D eigenvalue weighted by molar-refractivity contribution is 6.07. The van der Waals surface area contributed by atoms with Gasteiger partial charge in [-0.05, 0) is 40.8 Å². The molecule has 104 valence electrons. The van der Waals surface area contributed by atoms with E-state index in [1.165, 1.54) is 0 Å². The van der Waals surface area contributed by atoms with Crippen LogP contribution in [0.2, 0.25) is 0 Å². The number of amidine groups is 1. The van der Waals surface area contributed by atoms with Crippen molar-refractivity contribution >= 4 is 11.7 Å². The van der Waals surface area contributed by atoms with Gasteiger partial charge in [-0.3, -0.25) is 4.79 Å². The number of carbonyl (C=O) groups is 1. The molecule has 18 heavy (non-hydrogen) atoms. The molecule has 0 aromatic rings. The molecule has 0 spiro atoms.